The SMILES string of the molecule is CCCC(N)C(=O)NC(=O)C(N)CC(=O)O. The molecule has 0 fully saturated rings. The van der Waals surface area contributed by atoms with E-state index >= 15 is 0 Å². The van der Waals surface area contributed by atoms with Gasteiger partial charge in [-0.1, -0.05) is 13.3 Å². The molecule has 0 saturated carbocycles. The minimum absolute atomic E-state index is 0.452. The highest BCUT2D eigenvalue weighted by Gasteiger charge is 2.21. The highest BCUT2D eigenvalue weighted by atomic mass is 16.4. The van der Waals surface area contributed by atoms with Crippen molar-refractivity contribution in [2.24, 2.45) is 11.5 Å². The zero-order chi connectivity index (χ0) is 12.7. The molecule has 0 aromatic carbocycles. The Morgan fingerprint density at radius 2 is 1.69 bits per heavy atom. The lowest BCUT2D eigenvalue weighted by Crippen LogP contribution is -2.49. The molecule has 6 N–H and O–H groups in total. The quantitative estimate of drug-likeness (QED) is 0.442. The molecule has 0 aliphatic carbocycles. The molecule has 0 rings (SSSR count). The monoisotopic (exact) mass is 231 g/mol. The lowest BCUT2D eigenvalue weighted by molar-refractivity contribution is -0.140. The maximum atomic E-state index is 11.3. The van der Waals surface area contributed by atoms with Crippen LogP contribution in [-0.4, -0.2) is 35.0 Å². The van der Waals surface area contributed by atoms with Crippen LogP contribution in [0.3, 0.4) is 0 Å². The van der Waals surface area contributed by atoms with E-state index in [0.29, 0.717) is 12.8 Å². The average molecular weight is 231 g/mol. The van der Waals surface area contributed by atoms with Crippen molar-refractivity contribution >= 4 is 17.8 Å². The molecule has 7 heteroatoms. The minimum atomic E-state index is -1.24. The fourth-order valence-electron chi connectivity index (χ4n) is 1.03. The molecule has 0 aromatic rings. The van der Waals surface area contributed by atoms with Crippen LogP contribution in [0.4, 0.5) is 0 Å². The Morgan fingerprint density at radius 3 is 2.12 bits per heavy atom. The second kappa shape index (κ2) is 6.91. The van der Waals surface area contributed by atoms with Gasteiger partial charge in [-0.3, -0.25) is 19.7 Å². The van der Waals surface area contributed by atoms with E-state index in [2.05, 4.69) is 0 Å². The third-order valence-corrected chi connectivity index (χ3v) is 1.91. The Bertz CT molecular complexity index is 280. The van der Waals surface area contributed by atoms with Crippen molar-refractivity contribution in [2.75, 3.05) is 0 Å². The summed E-state index contributed by atoms with van der Waals surface area (Å²) in [6.45, 7) is 1.85. The van der Waals surface area contributed by atoms with Crippen LogP contribution in [0, 0.1) is 0 Å². The van der Waals surface area contributed by atoms with Gasteiger partial charge in [-0.2, -0.15) is 0 Å². The van der Waals surface area contributed by atoms with Crippen molar-refractivity contribution in [2.45, 2.75) is 38.3 Å². The number of rotatable bonds is 6. The highest BCUT2D eigenvalue weighted by Crippen LogP contribution is 1.94. The Balaban J connectivity index is 4.13. The largest absolute Gasteiger partial charge is 0.481 e. The lowest BCUT2D eigenvalue weighted by atomic mass is 10.1. The molecule has 0 spiro atoms. The molecule has 0 aromatic heterocycles. The third kappa shape index (κ3) is 5.42. The van der Waals surface area contributed by atoms with Gasteiger partial charge in [0.05, 0.1) is 18.5 Å². The Kier molecular flexibility index (Phi) is 6.28. The molecular weight excluding hydrogens is 214 g/mol. The Labute approximate surface area is 93.2 Å². The number of imide groups is 1. The van der Waals surface area contributed by atoms with E-state index in [9.17, 15) is 14.4 Å². The topological polar surface area (TPSA) is 136 Å². The van der Waals surface area contributed by atoms with Crippen LogP contribution < -0.4 is 16.8 Å². The molecule has 2 atom stereocenters. The molecule has 7 nitrogen and oxygen atoms in total. The van der Waals surface area contributed by atoms with Crippen LogP contribution in [-0.2, 0) is 14.4 Å². The molecule has 2 amide bonds. The molecule has 0 bridgehead atoms. The van der Waals surface area contributed by atoms with Gasteiger partial charge in [-0.25, -0.2) is 0 Å². The van der Waals surface area contributed by atoms with Crippen LogP contribution in [0.25, 0.3) is 0 Å². The van der Waals surface area contributed by atoms with Crippen molar-refractivity contribution in [3.63, 3.8) is 0 Å². The maximum Gasteiger partial charge on any atom is 0.305 e. The predicted molar refractivity (Wildman–Crippen MR) is 56.3 cm³/mol. The van der Waals surface area contributed by atoms with Gasteiger partial charge >= 0.3 is 5.97 Å². The van der Waals surface area contributed by atoms with Gasteiger partial charge in [-0.05, 0) is 6.42 Å². The summed E-state index contributed by atoms with van der Waals surface area (Å²) in [5, 5.41) is 10.4. The lowest BCUT2D eigenvalue weighted by Gasteiger charge is -2.12. The van der Waals surface area contributed by atoms with Crippen LogP contribution in [0.5, 0.6) is 0 Å². The first-order valence-corrected chi connectivity index (χ1v) is 4.96. The molecule has 2 unspecified atom stereocenters. The summed E-state index contributed by atoms with van der Waals surface area (Å²) >= 11 is 0. The number of carboxylic acid groups (broad SMARTS) is 1. The first kappa shape index (κ1) is 14.5. The Morgan fingerprint density at radius 1 is 1.19 bits per heavy atom. The van der Waals surface area contributed by atoms with Gasteiger partial charge in [0.1, 0.15) is 0 Å². The summed E-state index contributed by atoms with van der Waals surface area (Å²) < 4.78 is 0. The second-order valence-corrected chi connectivity index (χ2v) is 3.45. The zero-order valence-electron chi connectivity index (χ0n) is 9.10. The number of amides is 2. The summed E-state index contributed by atoms with van der Waals surface area (Å²) in [5.74, 6) is -2.65. The van der Waals surface area contributed by atoms with Crippen molar-refractivity contribution in [3.05, 3.63) is 0 Å². The summed E-state index contributed by atoms with van der Waals surface area (Å²) in [5.41, 5.74) is 10.7. The van der Waals surface area contributed by atoms with Crippen molar-refractivity contribution in [3.8, 4) is 0 Å². The van der Waals surface area contributed by atoms with E-state index in [1.54, 1.807) is 0 Å². The van der Waals surface area contributed by atoms with E-state index in [0.717, 1.165) is 0 Å². The minimum Gasteiger partial charge on any atom is -0.481 e. The molecule has 0 saturated heterocycles. The fraction of sp³-hybridized carbons (Fsp3) is 0.667. The summed E-state index contributed by atoms with van der Waals surface area (Å²) in [4.78, 5) is 32.8. The van der Waals surface area contributed by atoms with Gasteiger partial charge < -0.3 is 16.6 Å². The van der Waals surface area contributed by atoms with E-state index in [1.807, 2.05) is 12.2 Å². The first-order valence-electron chi connectivity index (χ1n) is 4.96. The van der Waals surface area contributed by atoms with Gasteiger partial charge in [0.15, 0.2) is 0 Å². The number of carboxylic acids is 1. The second-order valence-electron chi connectivity index (χ2n) is 3.45. The third-order valence-electron chi connectivity index (χ3n) is 1.91. The van der Waals surface area contributed by atoms with Crippen LogP contribution in [0.15, 0.2) is 0 Å². The molecular formula is C9H17N3O4. The molecule has 0 aliphatic heterocycles. The summed E-state index contributed by atoms with van der Waals surface area (Å²) in [6.07, 6.45) is 0.638. The smallest absolute Gasteiger partial charge is 0.305 e. The van der Waals surface area contributed by atoms with E-state index in [1.165, 1.54) is 0 Å². The van der Waals surface area contributed by atoms with Gasteiger partial charge in [-0.15, -0.1) is 0 Å². The standard InChI is InChI=1S/C9H17N3O4/c1-2-3-5(10)8(15)12-9(16)6(11)4-7(13)14/h5-6H,2-4,10-11H2,1H3,(H,13,14)(H,12,15,16). The number of aliphatic carboxylic acids is 1. The van der Waals surface area contributed by atoms with Crippen LogP contribution in [0.2, 0.25) is 0 Å². The number of nitrogens with two attached hydrogens (primary N) is 2. The average Bonchev–Trinajstić information content (AvgIpc) is 2.16. The highest BCUT2D eigenvalue weighted by molar-refractivity contribution is 6.00. The first-order chi connectivity index (χ1) is 7.38. The number of hydrogen-bond donors (Lipinski definition) is 4. The van der Waals surface area contributed by atoms with E-state index in [4.69, 9.17) is 16.6 Å². The maximum absolute atomic E-state index is 11.3. The van der Waals surface area contributed by atoms with Crippen molar-refractivity contribution in [1.82, 2.24) is 5.32 Å². The molecule has 0 heterocycles. The number of hydrogen-bond acceptors (Lipinski definition) is 5. The summed E-state index contributed by atoms with van der Waals surface area (Å²) in [7, 11) is 0. The van der Waals surface area contributed by atoms with Crippen molar-refractivity contribution < 1.29 is 19.5 Å². The number of nitrogens with one attached hydrogen (secondary N) is 1. The predicted octanol–water partition coefficient (Wildman–Crippen LogP) is -1.44. The van der Waals surface area contributed by atoms with Gasteiger partial charge in [0.2, 0.25) is 11.8 Å². The normalized spacial score (nSPS) is 13.9. The van der Waals surface area contributed by atoms with E-state index < -0.39 is 36.3 Å². The molecule has 0 radical (unpaired) electrons. The summed E-state index contributed by atoms with van der Waals surface area (Å²) in [6, 6.07) is -2.01. The van der Waals surface area contributed by atoms with Gasteiger partial charge in [0.25, 0.3) is 0 Å². The van der Waals surface area contributed by atoms with E-state index in [-0.39, 0.29) is 0 Å². The molecule has 0 aliphatic rings. The zero-order valence-corrected chi connectivity index (χ0v) is 9.10. The van der Waals surface area contributed by atoms with Crippen LogP contribution >= 0.6 is 0 Å². The fourth-order valence-corrected chi connectivity index (χ4v) is 1.03. The van der Waals surface area contributed by atoms with Crippen molar-refractivity contribution in [1.29, 1.82) is 0 Å². The molecule has 92 valence electrons. The number of carbonyl (C=O) groups is 3. The Hall–Kier alpha value is -1.47. The number of carbonyl (C=O) groups excluding carboxylic acids is 2. The van der Waals surface area contributed by atoms with Crippen LogP contribution in [0.1, 0.15) is 26.2 Å². The van der Waals surface area contributed by atoms with Gasteiger partial charge in [0, 0.05) is 0 Å². The molecule has 16 heavy (non-hydrogen) atoms.